The second kappa shape index (κ2) is 9.74. The maximum Gasteiger partial charge on any atom is 0.331 e. The number of aliphatic hydroxyl groups is 1. The maximum absolute atomic E-state index is 12.6. The van der Waals surface area contributed by atoms with E-state index in [4.69, 9.17) is 4.74 Å². The first kappa shape index (κ1) is 27.1. The van der Waals surface area contributed by atoms with Gasteiger partial charge < -0.3 is 14.9 Å². The first-order valence-electron chi connectivity index (χ1n) is 13.8. The molecule has 0 spiro atoms. The highest BCUT2D eigenvalue weighted by Crippen LogP contribution is 2.69. The number of rotatable bonds is 5. The smallest absolute Gasteiger partial charge is 0.331 e. The summed E-state index contributed by atoms with van der Waals surface area (Å²) in [5.74, 6) is -0.618. The summed E-state index contributed by atoms with van der Waals surface area (Å²) in [6.45, 7) is 12.0. The number of aliphatic hydroxyl groups excluding tert-OH is 1. The summed E-state index contributed by atoms with van der Waals surface area (Å²) < 4.78 is 5.82. The Bertz CT molecular complexity index is 989. The van der Waals surface area contributed by atoms with Gasteiger partial charge in [-0.2, -0.15) is 0 Å². The van der Waals surface area contributed by atoms with E-state index in [1.165, 1.54) is 6.92 Å². The zero-order valence-electron chi connectivity index (χ0n) is 22.8. The Morgan fingerprint density at radius 3 is 2.39 bits per heavy atom. The fourth-order valence-corrected chi connectivity index (χ4v) is 9.06. The second-order valence-electron chi connectivity index (χ2n) is 12.8. The van der Waals surface area contributed by atoms with Gasteiger partial charge in [0.15, 0.2) is 0 Å². The molecule has 4 rings (SSSR count). The minimum absolute atomic E-state index is 0.0175. The predicted molar refractivity (Wildman–Crippen MR) is 137 cm³/mol. The van der Waals surface area contributed by atoms with Gasteiger partial charge in [-0.05, 0) is 98.9 Å². The first-order chi connectivity index (χ1) is 16.8. The van der Waals surface area contributed by atoms with Crippen LogP contribution in [0.25, 0.3) is 0 Å². The summed E-state index contributed by atoms with van der Waals surface area (Å²) in [5, 5.41) is 22.0. The van der Waals surface area contributed by atoms with Gasteiger partial charge in [0.2, 0.25) is 0 Å². The highest BCUT2D eigenvalue weighted by Gasteiger charge is 2.66. The third kappa shape index (κ3) is 4.37. The molecular formula is C30H44O6. The van der Waals surface area contributed by atoms with Gasteiger partial charge in [-0.1, -0.05) is 32.4 Å². The lowest BCUT2D eigenvalue weighted by atomic mass is 9.42. The van der Waals surface area contributed by atoms with Crippen molar-refractivity contribution in [2.45, 2.75) is 105 Å². The number of fused-ring (bicyclic) bond motifs is 5. The molecule has 0 radical (unpaired) electrons. The van der Waals surface area contributed by atoms with Crippen LogP contribution in [0.2, 0.25) is 0 Å². The molecule has 6 heteroatoms. The van der Waals surface area contributed by atoms with Gasteiger partial charge >= 0.3 is 11.9 Å². The molecule has 4 aliphatic carbocycles. The number of allylic oxidation sites excluding steroid dienone is 2. The lowest BCUT2D eigenvalue weighted by Gasteiger charge is -2.63. The molecule has 0 aromatic carbocycles. The number of aliphatic carboxylic acids is 1. The molecule has 6 nitrogen and oxygen atoms in total. The summed E-state index contributed by atoms with van der Waals surface area (Å²) in [4.78, 5) is 37.2. The summed E-state index contributed by atoms with van der Waals surface area (Å²) in [7, 11) is 0. The lowest BCUT2D eigenvalue weighted by Crippen LogP contribution is -2.60. The first-order valence-corrected chi connectivity index (χ1v) is 13.8. The van der Waals surface area contributed by atoms with Gasteiger partial charge in [0.25, 0.3) is 0 Å². The van der Waals surface area contributed by atoms with Gasteiger partial charge in [-0.25, -0.2) is 4.79 Å². The molecule has 4 fully saturated rings. The third-order valence-corrected chi connectivity index (χ3v) is 10.6. The molecule has 0 aliphatic heterocycles. The van der Waals surface area contributed by atoms with Crippen LogP contribution in [0.4, 0.5) is 0 Å². The number of carbonyl (C=O) groups excluding carboxylic acids is 2. The van der Waals surface area contributed by atoms with Crippen molar-refractivity contribution in [3.8, 4) is 0 Å². The van der Waals surface area contributed by atoms with E-state index >= 15 is 0 Å². The summed E-state index contributed by atoms with van der Waals surface area (Å²) in [5.41, 5.74) is 1.81. The summed E-state index contributed by atoms with van der Waals surface area (Å²) >= 11 is 0. The van der Waals surface area contributed by atoms with E-state index in [1.54, 1.807) is 0 Å². The zero-order chi connectivity index (χ0) is 26.6. The Morgan fingerprint density at radius 2 is 1.78 bits per heavy atom. The fourth-order valence-electron chi connectivity index (χ4n) is 9.06. The van der Waals surface area contributed by atoms with E-state index < -0.39 is 24.1 Å². The maximum atomic E-state index is 12.6. The summed E-state index contributed by atoms with van der Waals surface area (Å²) in [6.07, 6.45) is 6.20. The Balaban J connectivity index is 1.77. The normalized spacial score (nSPS) is 43.1. The minimum atomic E-state index is -0.958. The average molecular weight is 501 g/mol. The van der Waals surface area contributed by atoms with Gasteiger partial charge in [-0.3, -0.25) is 9.59 Å². The molecule has 4 saturated carbocycles. The summed E-state index contributed by atoms with van der Waals surface area (Å²) in [6, 6.07) is 0. The van der Waals surface area contributed by atoms with E-state index in [0.717, 1.165) is 30.4 Å². The quantitative estimate of drug-likeness (QED) is 0.294. The number of hydrogen-bond acceptors (Lipinski definition) is 5. The van der Waals surface area contributed by atoms with Gasteiger partial charge in [0, 0.05) is 24.8 Å². The van der Waals surface area contributed by atoms with E-state index in [9.17, 15) is 24.6 Å². The number of ketones is 1. The molecule has 36 heavy (non-hydrogen) atoms. The molecular weight excluding hydrogens is 456 g/mol. The molecule has 4 aliphatic rings. The Morgan fingerprint density at radius 1 is 1.11 bits per heavy atom. The van der Waals surface area contributed by atoms with Gasteiger partial charge in [0.05, 0.1) is 6.10 Å². The molecule has 2 N–H and O–H groups in total. The second-order valence-corrected chi connectivity index (χ2v) is 12.8. The average Bonchev–Trinajstić information content (AvgIpc) is 3.04. The number of carbonyl (C=O) groups is 3. The largest absolute Gasteiger partial charge is 0.478 e. The molecule has 0 amide bonds. The van der Waals surface area contributed by atoms with E-state index in [1.807, 2.05) is 19.9 Å². The molecule has 0 saturated heterocycles. The Labute approximate surface area is 215 Å². The SMILES string of the molecule is CC(=O)O[C@H]1C[C@@]2(C)C(C[C@@H](O)[C@@H]3[C@@H]2CCC2C(C)C(=O)CC[C@@]23C)/C1=C(\CCC=C(C)C)C(=O)O. The molecule has 0 bridgehead atoms. The topological polar surface area (TPSA) is 101 Å². The number of ether oxygens (including phenoxy) is 1. The predicted octanol–water partition coefficient (Wildman–Crippen LogP) is 5.48. The van der Waals surface area contributed by atoms with Gasteiger partial charge in [-0.15, -0.1) is 0 Å². The number of hydrogen-bond donors (Lipinski definition) is 2. The van der Waals surface area contributed by atoms with Crippen LogP contribution in [0.3, 0.4) is 0 Å². The standard InChI is InChI=1S/C30H44O6/c1-16(2)8-7-9-19(28(34)35)26-22-14-24(33)27-21(30(22,6)15-25(26)36-18(4)31)11-10-20-17(3)23(32)12-13-29(20,27)5/h8,17,20-22,24-25,27,33H,7,9-15H2,1-6H3,(H,34,35)/b26-19-/t17?,20?,21-,22?,24+,25-,27-,29-,30+/m0/s1. The van der Waals surface area contributed by atoms with Gasteiger partial charge in [0.1, 0.15) is 11.9 Å². The molecule has 200 valence electrons. The van der Waals surface area contributed by atoms with Crippen molar-refractivity contribution in [2.24, 2.45) is 40.4 Å². The third-order valence-electron chi connectivity index (χ3n) is 10.6. The van der Waals surface area contributed by atoms with Crippen LogP contribution < -0.4 is 0 Å². The van der Waals surface area contributed by atoms with Crippen molar-refractivity contribution >= 4 is 17.7 Å². The van der Waals surface area contributed by atoms with Crippen molar-refractivity contribution in [1.82, 2.24) is 0 Å². The lowest BCUT2D eigenvalue weighted by molar-refractivity contribution is -0.180. The highest BCUT2D eigenvalue weighted by molar-refractivity contribution is 5.88. The van der Waals surface area contributed by atoms with Crippen molar-refractivity contribution in [3.63, 3.8) is 0 Å². The Kier molecular flexibility index (Phi) is 7.33. The van der Waals surface area contributed by atoms with Crippen LogP contribution in [0, 0.1) is 40.4 Å². The van der Waals surface area contributed by atoms with E-state index in [0.29, 0.717) is 43.5 Å². The zero-order valence-corrected chi connectivity index (χ0v) is 22.8. The monoisotopic (exact) mass is 500 g/mol. The van der Waals surface area contributed by atoms with Crippen molar-refractivity contribution < 1.29 is 29.3 Å². The number of esters is 1. The number of carboxylic acid groups (broad SMARTS) is 1. The fraction of sp³-hybridized carbons (Fsp3) is 0.767. The van der Waals surface area contributed by atoms with Crippen LogP contribution in [-0.4, -0.2) is 40.1 Å². The van der Waals surface area contributed by atoms with Crippen LogP contribution >= 0.6 is 0 Å². The van der Waals surface area contributed by atoms with Crippen LogP contribution in [0.1, 0.15) is 92.9 Å². The molecule has 0 aromatic heterocycles. The molecule has 9 atom stereocenters. The van der Waals surface area contributed by atoms with E-state index in [2.05, 4.69) is 20.8 Å². The molecule has 3 unspecified atom stereocenters. The van der Waals surface area contributed by atoms with Crippen molar-refractivity contribution in [3.05, 3.63) is 22.8 Å². The molecule has 0 heterocycles. The van der Waals surface area contributed by atoms with Crippen LogP contribution in [-0.2, 0) is 19.1 Å². The minimum Gasteiger partial charge on any atom is -0.478 e. The van der Waals surface area contributed by atoms with E-state index in [-0.39, 0.29) is 40.4 Å². The van der Waals surface area contributed by atoms with Crippen LogP contribution in [0.5, 0.6) is 0 Å². The Hall–Kier alpha value is -1.95. The van der Waals surface area contributed by atoms with Crippen LogP contribution in [0.15, 0.2) is 22.8 Å². The molecule has 0 aromatic rings. The van der Waals surface area contributed by atoms with Crippen molar-refractivity contribution in [2.75, 3.05) is 0 Å². The van der Waals surface area contributed by atoms with Crippen molar-refractivity contribution in [1.29, 1.82) is 0 Å². The number of Topliss-reactive ketones (excluding diaryl/α,β-unsaturated/α-hetero) is 1. The number of carboxylic acids is 1. The highest BCUT2D eigenvalue weighted by atomic mass is 16.5.